The Hall–Kier alpha value is -0.950. The molecular formula is C15H26N2O3S. The van der Waals surface area contributed by atoms with Crippen LogP contribution in [0.4, 0.5) is 0 Å². The SMILES string of the molecule is CCNC(C)c1cccc(S(=O)(=O)N(C)CC(C)(C)O)c1. The molecule has 1 atom stereocenters. The Kier molecular flexibility index (Phi) is 5.92. The second-order valence-electron chi connectivity index (χ2n) is 5.93. The summed E-state index contributed by atoms with van der Waals surface area (Å²) in [4.78, 5) is 0.247. The fourth-order valence-electron chi connectivity index (χ4n) is 2.18. The normalized spacial score (nSPS) is 14.4. The number of nitrogens with zero attached hydrogens (tertiary/aromatic N) is 1. The first-order valence-corrected chi connectivity index (χ1v) is 8.54. The molecule has 0 aliphatic rings. The number of benzene rings is 1. The van der Waals surface area contributed by atoms with Gasteiger partial charge in [0.15, 0.2) is 0 Å². The highest BCUT2D eigenvalue weighted by atomic mass is 32.2. The summed E-state index contributed by atoms with van der Waals surface area (Å²) < 4.78 is 26.3. The number of rotatable bonds is 7. The van der Waals surface area contributed by atoms with Gasteiger partial charge in [0.1, 0.15) is 0 Å². The molecule has 0 saturated carbocycles. The van der Waals surface area contributed by atoms with Crippen LogP contribution in [0.5, 0.6) is 0 Å². The predicted octanol–water partition coefficient (Wildman–Crippen LogP) is 1.75. The average Bonchev–Trinajstić information content (AvgIpc) is 2.37. The van der Waals surface area contributed by atoms with Gasteiger partial charge in [0.05, 0.1) is 10.5 Å². The molecule has 5 nitrogen and oxygen atoms in total. The van der Waals surface area contributed by atoms with Gasteiger partial charge in [-0.1, -0.05) is 19.1 Å². The zero-order valence-corrected chi connectivity index (χ0v) is 14.2. The lowest BCUT2D eigenvalue weighted by molar-refractivity contribution is 0.0640. The van der Waals surface area contributed by atoms with E-state index in [2.05, 4.69) is 5.32 Å². The Bertz CT molecular complexity index is 565. The molecule has 1 rings (SSSR count). The van der Waals surface area contributed by atoms with Crippen molar-refractivity contribution in [3.05, 3.63) is 29.8 Å². The number of sulfonamides is 1. The van der Waals surface area contributed by atoms with Gasteiger partial charge in [0, 0.05) is 19.6 Å². The van der Waals surface area contributed by atoms with Crippen molar-refractivity contribution in [3.63, 3.8) is 0 Å². The first-order valence-electron chi connectivity index (χ1n) is 7.10. The first-order chi connectivity index (χ1) is 9.58. The number of hydrogen-bond acceptors (Lipinski definition) is 4. The van der Waals surface area contributed by atoms with Gasteiger partial charge in [0.2, 0.25) is 10.0 Å². The predicted molar refractivity (Wildman–Crippen MR) is 84.6 cm³/mol. The van der Waals surface area contributed by atoms with E-state index in [1.165, 1.54) is 11.4 Å². The van der Waals surface area contributed by atoms with Crippen LogP contribution in [0.3, 0.4) is 0 Å². The summed E-state index contributed by atoms with van der Waals surface area (Å²) in [5, 5.41) is 13.1. The number of hydrogen-bond donors (Lipinski definition) is 2. The molecule has 1 aromatic carbocycles. The molecular weight excluding hydrogens is 288 g/mol. The molecule has 21 heavy (non-hydrogen) atoms. The van der Waals surface area contributed by atoms with Crippen LogP contribution < -0.4 is 5.32 Å². The van der Waals surface area contributed by atoms with Gasteiger partial charge in [-0.15, -0.1) is 0 Å². The lowest BCUT2D eigenvalue weighted by Gasteiger charge is -2.25. The Morgan fingerprint density at radius 1 is 1.38 bits per heavy atom. The van der Waals surface area contributed by atoms with Gasteiger partial charge in [-0.3, -0.25) is 0 Å². The maximum atomic E-state index is 12.5. The van der Waals surface area contributed by atoms with Gasteiger partial charge in [-0.25, -0.2) is 8.42 Å². The van der Waals surface area contributed by atoms with Crippen LogP contribution in [0.1, 0.15) is 39.3 Å². The summed E-state index contributed by atoms with van der Waals surface area (Å²) in [6.45, 7) is 8.04. The quantitative estimate of drug-likeness (QED) is 0.804. The van der Waals surface area contributed by atoms with E-state index < -0.39 is 15.6 Å². The Balaban J connectivity index is 3.06. The molecule has 0 bridgehead atoms. The average molecular weight is 314 g/mol. The van der Waals surface area contributed by atoms with Crippen LogP contribution >= 0.6 is 0 Å². The lowest BCUT2D eigenvalue weighted by atomic mass is 10.1. The van der Waals surface area contributed by atoms with Gasteiger partial charge in [0.25, 0.3) is 0 Å². The van der Waals surface area contributed by atoms with Crippen molar-refractivity contribution >= 4 is 10.0 Å². The molecule has 6 heteroatoms. The van der Waals surface area contributed by atoms with E-state index >= 15 is 0 Å². The van der Waals surface area contributed by atoms with E-state index in [4.69, 9.17) is 0 Å². The molecule has 0 saturated heterocycles. The largest absolute Gasteiger partial charge is 0.389 e. The summed E-state index contributed by atoms with van der Waals surface area (Å²) in [6, 6.07) is 7.00. The standard InChI is InChI=1S/C15H26N2O3S/c1-6-16-12(2)13-8-7-9-14(10-13)21(19,20)17(5)11-15(3,4)18/h7-10,12,16,18H,6,11H2,1-5H3. The van der Waals surface area contributed by atoms with Crippen molar-refractivity contribution in [2.45, 2.75) is 44.2 Å². The summed E-state index contributed by atoms with van der Waals surface area (Å²) in [6.07, 6.45) is 0. The second-order valence-corrected chi connectivity index (χ2v) is 7.97. The van der Waals surface area contributed by atoms with Crippen molar-refractivity contribution in [3.8, 4) is 0 Å². The van der Waals surface area contributed by atoms with Crippen LogP contribution in [0.15, 0.2) is 29.2 Å². The zero-order chi connectivity index (χ0) is 16.3. The fraction of sp³-hybridized carbons (Fsp3) is 0.600. The summed E-state index contributed by atoms with van der Waals surface area (Å²) in [5.74, 6) is 0. The maximum absolute atomic E-state index is 12.5. The third kappa shape index (κ3) is 5.07. The van der Waals surface area contributed by atoms with Gasteiger partial charge < -0.3 is 10.4 Å². The highest BCUT2D eigenvalue weighted by Gasteiger charge is 2.26. The van der Waals surface area contributed by atoms with Gasteiger partial charge >= 0.3 is 0 Å². The van der Waals surface area contributed by atoms with E-state index in [9.17, 15) is 13.5 Å². The van der Waals surface area contributed by atoms with Crippen LogP contribution in [-0.2, 0) is 10.0 Å². The Labute approximate surface area is 128 Å². The highest BCUT2D eigenvalue weighted by molar-refractivity contribution is 7.89. The number of nitrogens with one attached hydrogen (secondary N) is 1. The maximum Gasteiger partial charge on any atom is 0.242 e. The molecule has 2 N–H and O–H groups in total. The van der Waals surface area contributed by atoms with Crippen molar-refractivity contribution in [1.29, 1.82) is 0 Å². The topological polar surface area (TPSA) is 69.6 Å². The third-order valence-electron chi connectivity index (χ3n) is 3.19. The van der Waals surface area contributed by atoms with E-state index in [1.807, 2.05) is 19.9 Å². The van der Waals surface area contributed by atoms with E-state index in [1.54, 1.807) is 32.0 Å². The molecule has 0 aromatic heterocycles. The fourth-order valence-corrected chi connectivity index (χ4v) is 3.56. The molecule has 0 radical (unpaired) electrons. The molecule has 0 fully saturated rings. The van der Waals surface area contributed by atoms with Gasteiger partial charge in [-0.2, -0.15) is 4.31 Å². The first kappa shape index (κ1) is 18.1. The molecule has 120 valence electrons. The number of aliphatic hydroxyl groups is 1. The van der Waals surface area contributed by atoms with Crippen molar-refractivity contribution in [1.82, 2.24) is 9.62 Å². The minimum absolute atomic E-state index is 0.0440. The van der Waals surface area contributed by atoms with Crippen molar-refractivity contribution in [2.75, 3.05) is 20.1 Å². The van der Waals surface area contributed by atoms with Crippen LogP contribution in [0, 0.1) is 0 Å². The van der Waals surface area contributed by atoms with E-state index in [-0.39, 0.29) is 17.5 Å². The summed E-state index contributed by atoms with van der Waals surface area (Å²) in [5.41, 5.74) is -0.147. The second kappa shape index (κ2) is 6.87. The van der Waals surface area contributed by atoms with Crippen LogP contribution in [0.25, 0.3) is 0 Å². The van der Waals surface area contributed by atoms with Crippen molar-refractivity contribution < 1.29 is 13.5 Å². The molecule has 0 aliphatic carbocycles. The molecule has 1 aromatic rings. The molecule has 0 amide bonds. The minimum atomic E-state index is -3.60. The van der Waals surface area contributed by atoms with E-state index in [0.717, 1.165) is 12.1 Å². The monoisotopic (exact) mass is 314 g/mol. The van der Waals surface area contributed by atoms with Gasteiger partial charge in [-0.05, 0) is 45.0 Å². The Morgan fingerprint density at radius 3 is 2.52 bits per heavy atom. The lowest BCUT2D eigenvalue weighted by Crippen LogP contribution is -2.39. The minimum Gasteiger partial charge on any atom is -0.389 e. The van der Waals surface area contributed by atoms with E-state index in [0.29, 0.717) is 0 Å². The highest BCUT2D eigenvalue weighted by Crippen LogP contribution is 2.21. The van der Waals surface area contributed by atoms with Crippen molar-refractivity contribution in [2.24, 2.45) is 0 Å². The zero-order valence-electron chi connectivity index (χ0n) is 13.4. The molecule has 0 aliphatic heterocycles. The Morgan fingerprint density at radius 2 is 2.00 bits per heavy atom. The summed E-state index contributed by atoms with van der Waals surface area (Å²) in [7, 11) is -2.12. The molecule has 0 heterocycles. The third-order valence-corrected chi connectivity index (χ3v) is 4.99. The summed E-state index contributed by atoms with van der Waals surface area (Å²) >= 11 is 0. The molecule has 1 unspecified atom stereocenters. The van der Waals surface area contributed by atoms with Crippen LogP contribution in [0.2, 0.25) is 0 Å². The smallest absolute Gasteiger partial charge is 0.242 e. The number of likely N-dealkylation sites (N-methyl/N-ethyl adjacent to an activating group) is 1. The van der Waals surface area contributed by atoms with Crippen LogP contribution in [-0.4, -0.2) is 43.6 Å². The molecule has 0 spiro atoms.